The number of benzene rings is 1. The number of hydrogen-bond acceptors (Lipinski definition) is 3. The van der Waals surface area contributed by atoms with Crippen LogP contribution in [0, 0.1) is 5.82 Å². The number of aliphatic imine (C=N–C) groups is 1. The zero-order chi connectivity index (χ0) is 17.1. The molecular formula is C14H20FN3O3S. The van der Waals surface area contributed by atoms with Gasteiger partial charge in [0.15, 0.2) is 15.8 Å². The lowest BCUT2D eigenvalue weighted by atomic mass is 9.95. The molecule has 1 amide bonds. The van der Waals surface area contributed by atoms with Gasteiger partial charge in [-0.3, -0.25) is 4.79 Å². The van der Waals surface area contributed by atoms with Crippen LogP contribution in [0.25, 0.3) is 0 Å². The van der Waals surface area contributed by atoms with Crippen LogP contribution >= 0.6 is 0 Å². The molecule has 0 saturated heterocycles. The average Bonchev–Trinajstić information content (AvgIpc) is 2.36. The summed E-state index contributed by atoms with van der Waals surface area (Å²) in [6.07, 6.45) is 2.53. The molecule has 22 heavy (non-hydrogen) atoms. The van der Waals surface area contributed by atoms with Crippen molar-refractivity contribution in [3.8, 4) is 0 Å². The van der Waals surface area contributed by atoms with Crippen molar-refractivity contribution in [2.45, 2.75) is 37.5 Å². The van der Waals surface area contributed by atoms with Crippen molar-refractivity contribution in [1.82, 2.24) is 0 Å². The fraction of sp³-hybridized carbons (Fsp3) is 0.429. The molecule has 0 bridgehead atoms. The number of amides is 1. The highest BCUT2D eigenvalue weighted by Gasteiger charge is 2.23. The van der Waals surface area contributed by atoms with Gasteiger partial charge in [-0.1, -0.05) is 20.3 Å². The van der Waals surface area contributed by atoms with Gasteiger partial charge in [-0.2, -0.15) is 4.99 Å². The van der Waals surface area contributed by atoms with E-state index in [0.29, 0.717) is 12.0 Å². The number of nitrogens with zero attached hydrogens (tertiary/aromatic N) is 1. The largest absolute Gasteiger partial charge is 0.370 e. The smallest absolute Gasteiger partial charge is 0.283 e. The maximum Gasteiger partial charge on any atom is 0.283 e. The zero-order valence-corrected chi connectivity index (χ0v) is 13.6. The summed E-state index contributed by atoms with van der Waals surface area (Å²) < 4.78 is 38.1. The molecule has 4 N–H and O–H groups in total. The number of sulfone groups is 1. The number of guanidine groups is 1. The topological polar surface area (TPSA) is 116 Å². The van der Waals surface area contributed by atoms with Gasteiger partial charge in [-0.05, 0) is 30.0 Å². The molecule has 0 aliphatic carbocycles. The molecule has 0 saturated carbocycles. The number of carbonyl (C=O) groups excluding carboxylic acids is 1. The molecule has 1 aromatic carbocycles. The first-order valence-electron chi connectivity index (χ1n) is 6.75. The summed E-state index contributed by atoms with van der Waals surface area (Å²) in [5, 5.41) is 0. The van der Waals surface area contributed by atoms with Gasteiger partial charge in [0.05, 0.1) is 10.5 Å². The summed E-state index contributed by atoms with van der Waals surface area (Å²) >= 11 is 0. The van der Waals surface area contributed by atoms with E-state index in [-0.39, 0.29) is 10.8 Å². The molecule has 0 spiro atoms. The highest BCUT2D eigenvalue weighted by atomic mass is 32.2. The summed E-state index contributed by atoms with van der Waals surface area (Å²) in [5.41, 5.74) is 10.1. The average molecular weight is 329 g/mol. The second kappa shape index (κ2) is 6.87. The van der Waals surface area contributed by atoms with Gasteiger partial charge in [0, 0.05) is 6.26 Å². The van der Waals surface area contributed by atoms with Crippen molar-refractivity contribution >= 4 is 21.7 Å². The Balaban J connectivity index is 3.55. The number of hydrogen-bond donors (Lipinski definition) is 2. The van der Waals surface area contributed by atoms with E-state index in [4.69, 9.17) is 11.5 Å². The molecule has 122 valence electrons. The Hall–Kier alpha value is -1.96. The minimum atomic E-state index is -3.63. The van der Waals surface area contributed by atoms with Crippen molar-refractivity contribution in [1.29, 1.82) is 0 Å². The van der Waals surface area contributed by atoms with Crippen molar-refractivity contribution in [2.75, 3.05) is 6.26 Å². The third-order valence-corrected chi connectivity index (χ3v) is 4.37. The van der Waals surface area contributed by atoms with Crippen molar-refractivity contribution in [2.24, 2.45) is 16.5 Å². The molecule has 0 fully saturated rings. The third kappa shape index (κ3) is 4.27. The van der Waals surface area contributed by atoms with Crippen LogP contribution in [0.15, 0.2) is 22.0 Å². The summed E-state index contributed by atoms with van der Waals surface area (Å²) in [4.78, 5) is 14.9. The first-order valence-corrected chi connectivity index (χ1v) is 8.64. The fourth-order valence-corrected chi connectivity index (χ4v) is 3.23. The SMILES string of the molecule is CCCC(C)c1cc(F)c(C(=O)N=C(N)N)cc1S(C)(=O)=O. The molecule has 1 atom stereocenters. The Kier molecular flexibility index (Phi) is 5.65. The van der Waals surface area contributed by atoms with Crippen LogP contribution in [-0.4, -0.2) is 26.5 Å². The molecular weight excluding hydrogens is 309 g/mol. The van der Waals surface area contributed by atoms with Crippen LogP contribution < -0.4 is 11.5 Å². The molecule has 8 heteroatoms. The highest BCUT2D eigenvalue weighted by Crippen LogP contribution is 2.30. The van der Waals surface area contributed by atoms with Crippen LogP contribution in [0.2, 0.25) is 0 Å². The third-order valence-electron chi connectivity index (χ3n) is 3.21. The van der Waals surface area contributed by atoms with E-state index in [2.05, 4.69) is 4.99 Å². The summed E-state index contributed by atoms with van der Waals surface area (Å²) in [6, 6.07) is 2.08. The molecule has 1 aromatic rings. The lowest BCUT2D eigenvalue weighted by Gasteiger charge is -2.16. The number of rotatable bonds is 5. The fourth-order valence-electron chi connectivity index (χ4n) is 2.20. The number of carbonyl (C=O) groups is 1. The summed E-state index contributed by atoms with van der Waals surface area (Å²) in [6.45, 7) is 3.76. The van der Waals surface area contributed by atoms with Gasteiger partial charge < -0.3 is 11.5 Å². The second-order valence-corrected chi connectivity index (χ2v) is 7.16. The minimum absolute atomic E-state index is 0.0796. The quantitative estimate of drug-likeness (QED) is 0.483. The van der Waals surface area contributed by atoms with E-state index in [0.717, 1.165) is 24.8 Å². The summed E-state index contributed by atoms with van der Waals surface area (Å²) in [7, 11) is -3.63. The van der Waals surface area contributed by atoms with Gasteiger partial charge in [-0.15, -0.1) is 0 Å². The lowest BCUT2D eigenvalue weighted by Crippen LogP contribution is -2.24. The van der Waals surface area contributed by atoms with Crippen molar-refractivity contribution < 1.29 is 17.6 Å². The standard InChI is InChI=1S/C14H20FN3O3S/c1-4-5-8(2)9-6-11(15)10(13(19)18-14(16)17)7-12(9)22(3,20)21/h6-8H,4-5H2,1-3H3,(H4,16,17,18,19). The Morgan fingerprint density at radius 3 is 2.41 bits per heavy atom. The van der Waals surface area contributed by atoms with Crippen LogP contribution in [0.5, 0.6) is 0 Å². The predicted molar refractivity (Wildman–Crippen MR) is 83.0 cm³/mol. The zero-order valence-electron chi connectivity index (χ0n) is 12.8. The van der Waals surface area contributed by atoms with Gasteiger partial charge in [0.1, 0.15) is 5.82 Å². The predicted octanol–water partition coefficient (Wildman–Crippen LogP) is 1.55. The minimum Gasteiger partial charge on any atom is -0.370 e. The summed E-state index contributed by atoms with van der Waals surface area (Å²) in [5.74, 6) is -2.54. The van der Waals surface area contributed by atoms with Crippen molar-refractivity contribution in [3.05, 3.63) is 29.1 Å². The normalized spacial score (nSPS) is 12.7. The number of halogens is 1. The molecule has 1 rings (SSSR count). The Bertz CT molecular complexity index is 710. The molecule has 0 aliphatic heterocycles. The molecule has 0 aromatic heterocycles. The molecule has 0 radical (unpaired) electrons. The van der Waals surface area contributed by atoms with Crippen LogP contribution in [0.1, 0.15) is 48.5 Å². The highest BCUT2D eigenvalue weighted by molar-refractivity contribution is 7.90. The van der Waals surface area contributed by atoms with Crippen LogP contribution in [-0.2, 0) is 9.84 Å². The van der Waals surface area contributed by atoms with Gasteiger partial charge >= 0.3 is 0 Å². The Labute approximate surface area is 129 Å². The maximum atomic E-state index is 14.2. The Morgan fingerprint density at radius 2 is 1.95 bits per heavy atom. The lowest BCUT2D eigenvalue weighted by molar-refractivity contribution is 0.0998. The first-order chi connectivity index (χ1) is 10.1. The van der Waals surface area contributed by atoms with E-state index >= 15 is 0 Å². The van der Waals surface area contributed by atoms with Gasteiger partial charge in [-0.25, -0.2) is 12.8 Å². The van der Waals surface area contributed by atoms with E-state index in [1.807, 2.05) is 13.8 Å². The monoisotopic (exact) mass is 329 g/mol. The van der Waals surface area contributed by atoms with E-state index < -0.39 is 33.1 Å². The van der Waals surface area contributed by atoms with Crippen LogP contribution in [0.3, 0.4) is 0 Å². The first kappa shape index (κ1) is 18.1. The molecule has 1 unspecified atom stereocenters. The van der Waals surface area contributed by atoms with E-state index in [1.54, 1.807) is 0 Å². The van der Waals surface area contributed by atoms with Crippen LogP contribution in [0.4, 0.5) is 4.39 Å². The molecule has 6 nitrogen and oxygen atoms in total. The Morgan fingerprint density at radius 1 is 1.36 bits per heavy atom. The van der Waals surface area contributed by atoms with Gasteiger partial charge in [0.2, 0.25) is 0 Å². The maximum absolute atomic E-state index is 14.2. The second-order valence-electron chi connectivity index (χ2n) is 5.17. The molecule has 0 heterocycles. The van der Waals surface area contributed by atoms with E-state index in [1.165, 1.54) is 0 Å². The number of nitrogens with two attached hydrogens (primary N) is 2. The molecule has 0 aliphatic rings. The van der Waals surface area contributed by atoms with Gasteiger partial charge in [0.25, 0.3) is 5.91 Å². The van der Waals surface area contributed by atoms with Crippen molar-refractivity contribution in [3.63, 3.8) is 0 Å². The van der Waals surface area contributed by atoms with E-state index in [9.17, 15) is 17.6 Å².